The van der Waals surface area contributed by atoms with E-state index >= 15 is 0 Å². The average Bonchev–Trinajstić information content (AvgIpc) is 2.85. The lowest BCUT2D eigenvalue weighted by Gasteiger charge is -2.60. The molecule has 2 nitrogen and oxygen atoms in total. The van der Waals surface area contributed by atoms with Crippen LogP contribution in [0, 0.1) is 40.4 Å². The molecule has 0 heterocycles. The third-order valence-corrected chi connectivity index (χ3v) is 9.14. The Morgan fingerprint density at radius 3 is 2.48 bits per heavy atom. The fraction of sp³-hybridized carbons (Fsp3) is 0.952. The molecule has 0 aromatic heterocycles. The maximum absolute atomic E-state index is 11.9. The van der Waals surface area contributed by atoms with E-state index in [1.165, 1.54) is 38.5 Å². The van der Waals surface area contributed by atoms with Gasteiger partial charge in [0.25, 0.3) is 0 Å². The van der Waals surface area contributed by atoms with Crippen LogP contribution in [-0.4, -0.2) is 17.0 Å². The van der Waals surface area contributed by atoms with Gasteiger partial charge in [-0.25, -0.2) is 0 Å². The largest absolute Gasteiger partial charge is 0.393 e. The van der Waals surface area contributed by atoms with Crippen LogP contribution in [0.1, 0.15) is 78.6 Å². The molecule has 4 aliphatic carbocycles. The van der Waals surface area contributed by atoms with Gasteiger partial charge in [0.1, 0.15) is 5.78 Å². The lowest BCUT2D eigenvalue weighted by molar-refractivity contribution is -0.141. The van der Waals surface area contributed by atoms with Crippen molar-refractivity contribution in [2.24, 2.45) is 40.4 Å². The molecule has 0 amide bonds. The standard InChI is InChI=1S/C21H34O2/c1-13(22)17-6-7-18-16-5-4-14-12-15(23)8-10-20(14,2)19(16)9-11-21(17,18)3/h13-14,16-19,22H,4-12H2,1-3H3/t13-,14-,16+,17-,18+,19+,20-,21+/m0/s1. The van der Waals surface area contributed by atoms with Gasteiger partial charge in [-0.15, -0.1) is 0 Å². The van der Waals surface area contributed by atoms with Crippen molar-refractivity contribution in [2.45, 2.75) is 84.7 Å². The van der Waals surface area contributed by atoms with Crippen molar-refractivity contribution < 1.29 is 9.90 Å². The monoisotopic (exact) mass is 318 g/mol. The van der Waals surface area contributed by atoms with Gasteiger partial charge in [0, 0.05) is 12.8 Å². The zero-order chi connectivity index (χ0) is 16.4. The van der Waals surface area contributed by atoms with Crippen LogP contribution in [0.15, 0.2) is 0 Å². The molecule has 4 rings (SSSR count). The Labute approximate surface area is 141 Å². The van der Waals surface area contributed by atoms with Crippen LogP contribution < -0.4 is 0 Å². The highest BCUT2D eigenvalue weighted by Crippen LogP contribution is 2.67. The van der Waals surface area contributed by atoms with Crippen LogP contribution in [0.2, 0.25) is 0 Å². The lowest BCUT2D eigenvalue weighted by Crippen LogP contribution is -2.54. The Morgan fingerprint density at radius 2 is 1.74 bits per heavy atom. The Kier molecular flexibility index (Phi) is 3.72. The van der Waals surface area contributed by atoms with Crippen LogP contribution in [0.4, 0.5) is 0 Å². The van der Waals surface area contributed by atoms with Crippen molar-refractivity contribution in [1.29, 1.82) is 0 Å². The quantitative estimate of drug-likeness (QED) is 0.767. The van der Waals surface area contributed by atoms with E-state index in [1.807, 2.05) is 6.92 Å². The predicted molar refractivity (Wildman–Crippen MR) is 91.9 cm³/mol. The van der Waals surface area contributed by atoms with Crippen LogP contribution in [-0.2, 0) is 4.79 Å². The van der Waals surface area contributed by atoms with Crippen molar-refractivity contribution in [3.63, 3.8) is 0 Å². The van der Waals surface area contributed by atoms with Crippen LogP contribution in [0.3, 0.4) is 0 Å². The van der Waals surface area contributed by atoms with Crippen molar-refractivity contribution in [3.05, 3.63) is 0 Å². The molecule has 4 fully saturated rings. The number of fused-ring (bicyclic) bond motifs is 5. The molecule has 8 atom stereocenters. The van der Waals surface area contributed by atoms with Gasteiger partial charge in [0.15, 0.2) is 0 Å². The van der Waals surface area contributed by atoms with E-state index in [2.05, 4.69) is 13.8 Å². The van der Waals surface area contributed by atoms with E-state index in [9.17, 15) is 9.90 Å². The Hall–Kier alpha value is -0.370. The zero-order valence-corrected chi connectivity index (χ0v) is 15.2. The molecule has 0 radical (unpaired) electrons. The maximum Gasteiger partial charge on any atom is 0.133 e. The minimum absolute atomic E-state index is 0.152. The first kappa shape index (κ1) is 16.1. The van der Waals surface area contributed by atoms with Gasteiger partial charge in [0.2, 0.25) is 0 Å². The summed E-state index contributed by atoms with van der Waals surface area (Å²) in [6.45, 7) is 7.01. The molecule has 0 spiro atoms. The Morgan fingerprint density at radius 1 is 1.00 bits per heavy atom. The summed E-state index contributed by atoms with van der Waals surface area (Å²) in [6.07, 6.45) is 10.5. The number of Topliss-reactive ketones (excluding diaryl/α,β-unsaturated/α-hetero) is 1. The van der Waals surface area contributed by atoms with E-state index in [0.29, 0.717) is 28.4 Å². The molecule has 1 N–H and O–H groups in total. The molecule has 0 aromatic carbocycles. The van der Waals surface area contributed by atoms with Gasteiger partial charge in [-0.2, -0.15) is 0 Å². The summed E-state index contributed by atoms with van der Waals surface area (Å²) in [5.74, 6) is 4.18. The molecular weight excluding hydrogens is 284 g/mol. The third kappa shape index (κ3) is 2.19. The normalized spacial score (nSPS) is 54.1. The second-order valence-electron chi connectivity index (χ2n) is 9.87. The smallest absolute Gasteiger partial charge is 0.133 e. The highest BCUT2D eigenvalue weighted by molar-refractivity contribution is 5.79. The fourth-order valence-electron chi connectivity index (χ4n) is 7.88. The zero-order valence-electron chi connectivity index (χ0n) is 15.2. The summed E-state index contributed by atoms with van der Waals surface area (Å²) in [5, 5.41) is 10.3. The summed E-state index contributed by atoms with van der Waals surface area (Å²) in [6, 6.07) is 0. The molecule has 4 aliphatic rings. The topological polar surface area (TPSA) is 37.3 Å². The van der Waals surface area contributed by atoms with Crippen molar-refractivity contribution in [2.75, 3.05) is 0 Å². The number of hydrogen-bond donors (Lipinski definition) is 1. The number of aliphatic hydroxyl groups excluding tert-OH is 1. The van der Waals surface area contributed by atoms with Gasteiger partial charge in [-0.3, -0.25) is 4.79 Å². The molecule has 23 heavy (non-hydrogen) atoms. The SMILES string of the molecule is C[C@H](O)[C@@H]1CC[C@@H]2[C@H]3CC[C@H]4CC(=O)CC[C@]4(C)[C@@H]3CC[C@@]21C. The number of carbonyl (C=O) groups is 1. The van der Waals surface area contributed by atoms with Crippen LogP contribution >= 0.6 is 0 Å². The maximum atomic E-state index is 11.9. The van der Waals surface area contributed by atoms with E-state index in [4.69, 9.17) is 0 Å². The molecule has 0 aliphatic heterocycles. The van der Waals surface area contributed by atoms with Gasteiger partial charge >= 0.3 is 0 Å². The molecule has 0 bridgehead atoms. The van der Waals surface area contributed by atoms with Gasteiger partial charge < -0.3 is 5.11 Å². The van der Waals surface area contributed by atoms with Crippen LogP contribution in [0.5, 0.6) is 0 Å². The van der Waals surface area contributed by atoms with Gasteiger partial charge in [0.05, 0.1) is 6.10 Å². The highest BCUT2D eigenvalue weighted by Gasteiger charge is 2.60. The number of rotatable bonds is 1. The minimum atomic E-state index is -0.152. The molecule has 130 valence electrons. The highest BCUT2D eigenvalue weighted by atomic mass is 16.3. The molecule has 2 heteroatoms. The first-order valence-corrected chi connectivity index (χ1v) is 10.1. The summed E-state index contributed by atoms with van der Waals surface area (Å²) >= 11 is 0. The molecule has 0 unspecified atom stereocenters. The molecular formula is C21H34O2. The summed E-state index contributed by atoms with van der Waals surface area (Å²) in [5.41, 5.74) is 0.782. The summed E-state index contributed by atoms with van der Waals surface area (Å²) in [4.78, 5) is 11.9. The summed E-state index contributed by atoms with van der Waals surface area (Å²) in [7, 11) is 0. The van der Waals surface area contributed by atoms with E-state index < -0.39 is 0 Å². The minimum Gasteiger partial charge on any atom is -0.393 e. The number of hydrogen-bond acceptors (Lipinski definition) is 2. The fourth-order valence-corrected chi connectivity index (χ4v) is 7.88. The van der Waals surface area contributed by atoms with Crippen molar-refractivity contribution >= 4 is 5.78 Å². The first-order chi connectivity index (χ1) is 10.9. The van der Waals surface area contributed by atoms with E-state index in [1.54, 1.807) is 0 Å². The van der Waals surface area contributed by atoms with E-state index in [0.717, 1.165) is 37.0 Å². The summed E-state index contributed by atoms with van der Waals surface area (Å²) < 4.78 is 0. The van der Waals surface area contributed by atoms with Crippen molar-refractivity contribution in [3.8, 4) is 0 Å². The Bertz CT molecular complexity index is 498. The average molecular weight is 319 g/mol. The van der Waals surface area contributed by atoms with Gasteiger partial charge in [-0.05, 0) is 92.3 Å². The van der Waals surface area contributed by atoms with Gasteiger partial charge in [-0.1, -0.05) is 13.8 Å². The number of carbonyl (C=O) groups excluding carboxylic acids is 1. The second kappa shape index (κ2) is 5.31. The molecule has 0 saturated heterocycles. The third-order valence-electron chi connectivity index (χ3n) is 9.14. The molecule has 0 aromatic rings. The Balaban J connectivity index is 1.61. The number of aliphatic hydroxyl groups is 1. The molecule has 4 saturated carbocycles. The lowest BCUT2D eigenvalue weighted by atomic mass is 9.44. The van der Waals surface area contributed by atoms with Crippen molar-refractivity contribution in [1.82, 2.24) is 0 Å². The van der Waals surface area contributed by atoms with Crippen LogP contribution in [0.25, 0.3) is 0 Å². The predicted octanol–water partition coefficient (Wildman–Crippen LogP) is 4.60. The second-order valence-corrected chi connectivity index (χ2v) is 9.87. The first-order valence-electron chi connectivity index (χ1n) is 10.1. The number of ketones is 1. The van der Waals surface area contributed by atoms with E-state index in [-0.39, 0.29) is 6.10 Å².